The van der Waals surface area contributed by atoms with Crippen LogP contribution in [-0.4, -0.2) is 44.8 Å². The van der Waals surface area contributed by atoms with Crippen LogP contribution in [0.15, 0.2) is 12.4 Å². The molecule has 0 spiro atoms. The summed E-state index contributed by atoms with van der Waals surface area (Å²) in [5, 5.41) is 12.5. The first-order valence-electron chi connectivity index (χ1n) is 5.13. The minimum absolute atomic E-state index is 0.0592. The monoisotopic (exact) mass is 257 g/mol. The van der Waals surface area contributed by atoms with E-state index in [1.165, 1.54) is 0 Å². The summed E-state index contributed by atoms with van der Waals surface area (Å²) in [6.45, 7) is 2.41. The number of aliphatic carboxylic acids is 1. The van der Waals surface area contributed by atoms with Gasteiger partial charge in [0.05, 0.1) is 23.4 Å². The van der Waals surface area contributed by atoms with Gasteiger partial charge in [-0.05, 0) is 6.92 Å². The summed E-state index contributed by atoms with van der Waals surface area (Å²) in [4.78, 5) is 23.8. The van der Waals surface area contributed by atoms with Crippen molar-refractivity contribution in [2.45, 2.75) is 6.92 Å². The number of rotatable bonds is 6. The van der Waals surface area contributed by atoms with Gasteiger partial charge in [0, 0.05) is 19.8 Å². The van der Waals surface area contributed by atoms with Crippen LogP contribution in [0.1, 0.15) is 6.92 Å². The lowest BCUT2D eigenvalue weighted by Gasteiger charge is -2.18. The van der Waals surface area contributed by atoms with E-state index in [0.29, 0.717) is 6.54 Å². The lowest BCUT2D eigenvalue weighted by atomic mass is 10.4. The molecule has 1 aromatic heterocycles. The van der Waals surface area contributed by atoms with Crippen LogP contribution < -0.4 is 4.90 Å². The van der Waals surface area contributed by atoms with Gasteiger partial charge in [0.25, 0.3) is 0 Å². The number of carboxylic acids is 1. The van der Waals surface area contributed by atoms with Gasteiger partial charge in [-0.15, -0.1) is 11.8 Å². The maximum atomic E-state index is 11.8. The largest absolute Gasteiger partial charge is 0.481 e. The van der Waals surface area contributed by atoms with E-state index in [1.54, 1.807) is 29.0 Å². The average Bonchev–Trinajstić information content (AvgIpc) is 2.65. The van der Waals surface area contributed by atoms with Crippen LogP contribution in [0.25, 0.3) is 0 Å². The number of hydrogen-bond acceptors (Lipinski definition) is 4. The van der Waals surface area contributed by atoms with Gasteiger partial charge in [-0.25, -0.2) is 0 Å². The van der Waals surface area contributed by atoms with E-state index in [9.17, 15) is 9.59 Å². The normalized spacial score (nSPS) is 10.2. The summed E-state index contributed by atoms with van der Waals surface area (Å²) in [7, 11) is 1.78. The molecule has 1 heterocycles. The standard InChI is InChI=1S/C10H15N3O3S/c1-3-13(8-4-11-12(2)5-8)9(14)6-17-7-10(15)16/h4-5H,3,6-7H2,1-2H3,(H,15,16). The Morgan fingerprint density at radius 2 is 2.24 bits per heavy atom. The molecule has 1 aromatic rings. The molecule has 0 aliphatic heterocycles. The van der Waals surface area contributed by atoms with Crippen LogP contribution in [0.3, 0.4) is 0 Å². The Hall–Kier alpha value is -1.50. The molecule has 0 saturated heterocycles. The Bertz CT molecular complexity index is 405. The number of thioether (sulfide) groups is 1. The zero-order chi connectivity index (χ0) is 12.8. The smallest absolute Gasteiger partial charge is 0.313 e. The van der Waals surface area contributed by atoms with Crippen LogP contribution in [0.4, 0.5) is 5.69 Å². The molecule has 0 unspecified atom stereocenters. The highest BCUT2D eigenvalue weighted by atomic mass is 32.2. The van der Waals surface area contributed by atoms with Crippen LogP contribution in [0.2, 0.25) is 0 Å². The summed E-state index contributed by atoms with van der Waals surface area (Å²) in [6, 6.07) is 0. The molecular weight excluding hydrogens is 242 g/mol. The number of anilines is 1. The molecule has 0 aliphatic rings. The van der Waals surface area contributed by atoms with Crippen molar-refractivity contribution in [3.8, 4) is 0 Å². The van der Waals surface area contributed by atoms with Crippen molar-refractivity contribution in [3.05, 3.63) is 12.4 Å². The molecule has 17 heavy (non-hydrogen) atoms. The Morgan fingerprint density at radius 1 is 1.53 bits per heavy atom. The van der Waals surface area contributed by atoms with Crippen molar-refractivity contribution in [2.75, 3.05) is 23.0 Å². The zero-order valence-corrected chi connectivity index (χ0v) is 10.6. The third kappa shape index (κ3) is 4.10. The summed E-state index contributed by atoms with van der Waals surface area (Å²) in [5.74, 6) is -0.912. The SMILES string of the molecule is CCN(C(=O)CSCC(=O)O)c1cnn(C)c1. The third-order valence-corrected chi connectivity index (χ3v) is 2.97. The molecule has 7 heteroatoms. The number of aryl methyl sites for hydroxylation is 1. The maximum Gasteiger partial charge on any atom is 0.313 e. The number of nitrogens with zero attached hydrogens (tertiary/aromatic N) is 3. The first-order chi connectivity index (χ1) is 8.04. The van der Waals surface area contributed by atoms with Gasteiger partial charge in [0.1, 0.15) is 0 Å². The molecular formula is C10H15N3O3S. The Labute approximate surface area is 104 Å². The Balaban J connectivity index is 2.55. The molecule has 0 saturated carbocycles. The molecule has 6 nitrogen and oxygen atoms in total. The summed E-state index contributed by atoms with van der Waals surface area (Å²) in [6.07, 6.45) is 3.37. The quantitative estimate of drug-likeness (QED) is 0.807. The van der Waals surface area contributed by atoms with Gasteiger partial charge in [0.15, 0.2) is 0 Å². The molecule has 0 fully saturated rings. The second-order valence-electron chi connectivity index (χ2n) is 3.40. The topological polar surface area (TPSA) is 75.4 Å². The van der Waals surface area contributed by atoms with Gasteiger partial charge in [-0.3, -0.25) is 14.3 Å². The fraction of sp³-hybridized carbons (Fsp3) is 0.500. The van der Waals surface area contributed by atoms with Crippen LogP contribution in [0, 0.1) is 0 Å². The first kappa shape index (κ1) is 13.6. The van der Waals surface area contributed by atoms with Crippen molar-refractivity contribution in [1.82, 2.24) is 9.78 Å². The number of carboxylic acid groups (broad SMARTS) is 1. The Morgan fingerprint density at radius 3 is 2.71 bits per heavy atom. The van der Waals surface area contributed by atoms with E-state index in [1.807, 2.05) is 6.92 Å². The van der Waals surface area contributed by atoms with E-state index in [0.717, 1.165) is 17.4 Å². The molecule has 0 aliphatic carbocycles. The lowest BCUT2D eigenvalue weighted by molar-refractivity contribution is -0.133. The van der Waals surface area contributed by atoms with Crippen LogP contribution >= 0.6 is 11.8 Å². The predicted octanol–water partition coefficient (Wildman–Crippen LogP) is 0.591. The molecule has 0 atom stereocenters. The van der Waals surface area contributed by atoms with Crippen LogP contribution in [0.5, 0.6) is 0 Å². The highest BCUT2D eigenvalue weighted by molar-refractivity contribution is 8.00. The molecule has 0 aromatic carbocycles. The second-order valence-corrected chi connectivity index (χ2v) is 4.38. The number of carbonyl (C=O) groups is 2. The highest BCUT2D eigenvalue weighted by Gasteiger charge is 2.15. The zero-order valence-electron chi connectivity index (χ0n) is 9.79. The van der Waals surface area contributed by atoms with Crippen molar-refractivity contribution >= 4 is 29.3 Å². The van der Waals surface area contributed by atoms with Gasteiger partial charge < -0.3 is 10.0 Å². The minimum atomic E-state index is -0.910. The summed E-state index contributed by atoms with van der Waals surface area (Å²) < 4.78 is 1.62. The molecule has 1 rings (SSSR count). The predicted molar refractivity (Wildman–Crippen MR) is 66.2 cm³/mol. The molecule has 0 bridgehead atoms. The van der Waals surface area contributed by atoms with E-state index in [-0.39, 0.29) is 17.4 Å². The average molecular weight is 257 g/mol. The van der Waals surface area contributed by atoms with E-state index < -0.39 is 5.97 Å². The van der Waals surface area contributed by atoms with Gasteiger partial charge in [0.2, 0.25) is 5.91 Å². The second kappa shape index (κ2) is 6.29. The van der Waals surface area contributed by atoms with E-state index >= 15 is 0 Å². The molecule has 0 radical (unpaired) electrons. The first-order valence-corrected chi connectivity index (χ1v) is 6.28. The minimum Gasteiger partial charge on any atom is -0.481 e. The van der Waals surface area contributed by atoms with Crippen molar-refractivity contribution in [2.24, 2.45) is 7.05 Å². The number of amides is 1. The Kier molecular flexibility index (Phi) is 5.02. The van der Waals surface area contributed by atoms with Crippen molar-refractivity contribution < 1.29 is 14.7 Å². The molecule has 1 N–H and O–H groups in total. The van der Waals surface area contributed by atoms with Gasteiger partial charge >= 0.3 is 5.97 Å². The van der Waals surface area contributed by atoms with Crippen LogP contribution in [-0.2, 0) is 16.6 Å². The fourth-order valence-corrected chi connectivity index (χ4v) is 1.96. The third-order valence-electron chi connectivity index (χ3n) is 2.07. The molecule has 94 valence electrons. The number of carbonyl (C=O) groups excluding carboxylic acids is 1. The van der Waals surface area contributed by atoms with E-state index in [2.05, 4.69) is 5.10 Å². The summed E-state index contributed by atoms with van der Waals surface area (Å²) in [5.41, 5.74) is 0.732. The van der Waals surface area contributed by atoms with Crippen molar-refractivity contribution in [3.63, 3.8) is 0 Å². The summed E-state index contributed by atoms with van der Waals surface area (Å²) >= 11 is 1.10. The molecule has 1 amide bonds. The van der Waals surface area contributed by atoms with Gasteiger partial charge in [-0.2, -0.15) is 5.10 Å². The maximum absolute atomic E-state index is 11.8. The van der Waals surface area contributed by atoms with Crippen molar-refractivity contribution in [1.29, 1.82) is 0 Å². The number of hydrogen-bond donors (Lipinski definition) is 1. The highest BCUT2D eigenvalue weighted by Crippen LogP contribution is 2.14. The number of aromatic nitrogens is 2. The lowest BCUT2D eigenvalue weighted by Crippen LogP contribution is -2.32. The van der Waals surface area contributed by atoms with Gasteiger partial charge in [-0.1, -0.05) is 0 Å². The van der Waals surface area contributed by atoms with E-state index in [4.69, 9.17) is 5.11 Å². The fourth-order valence-electron chi connectivity index (χ4n) is 1.35.